The zero-order valence-electron chi connectivity index (χ0n) is 15.6. The van der Waals surface area contributed by atoms with Crippen molar-refractivity contribution in [2.45, 2.75) is 51.2 Å². The molecule has 0 fully saturated rings. The minimum absolute atomic E-state index is 0.157. The van der Waals surface area contributed by atoms with Gasteiger partial charge in [-0.3, -0.25) is 14.6 Å². The van der Waals surface area contributed by atoms with Gasteiger partial charge in [-0.2, -0.15) is 5.26 Å². The van der Waals surface area contributed by atoms with Crippen LogP contribution in [0.4, 0.5) is 8.78 Å². The number of aliphatic imine (C=N–C) groups is 1. The molecule has 6 nitrogen and oxygen atoms in total. The minimum atomic E-state index is -0.748. The summed E-state index contributed by atoms with van der Waals surface area (Å²) in [5.41, 5.74) is 1.55. The van der Waals surface area contributed by atoms with Crippen LogP contribution in [0, 0.1) is 23.0 Å². The normalized spacial score (nSPS) is 22.5. The van der Waals surface area contributed by atoms with E-state index in [2.05, 4.69) is 21.7 Å². The second-order valence-corrected chi connectivity index (χ2v) is 7.04. The number of benzene rings is 1. The van der Waals surface area contributed by atoms with Crippen LogP contribution in [0.3, 0.4) is 0 Å². The Labute approximate surface area is 161 Å². The second-order valence-electron chi connectivity index (χ2n) is 7.04. The molecule has 0 aliphatic carbocycles. The maximum Gasteiger partial charge on any atom is 0.248 e. The number of nitrogens with one attached hydrogen (secondary N) is 2. The van der Waals surface area contributed by atoms with Gasteiger partial charge in [-0.05, 0) is 31.9 Å². The van der Waals surface area contributed by atoms with Gasteiger partial charge in [0.15, 0.2) is 0 Å². The molecule has 146 valence electrons. The van der Waals surface area contributed by atoms with Gasteiger partial charge in [0.2, 0.25) is 11.8 Å². The molecule has 3 atom stereocenters. The molecule has 2 unspecified atom stereocenters. The van der Waals surface area contributed by atoms with E-state index in [9.17, 15) is 18.4 Å². The Morgan fingerprint density at radius 2 is 2.21 bits per heavy atom. The van der Waals surface area contributed by atoms with Gasteiger partial charge in [0.1, 0.15) is 23.4 Å². The van der Waals surface area contributed by atoms with E-state index in [-0.39, 0.29) is 30.0 Å². The van der Waals surface area contributed by atoms with Crippen LogP contribution in [0.5, 0.6) is 0 Å². The fourth-order valence-corrected chi connectivity index (χ4v) is 3.62. The minimum Gasteiger partial charge on any atom is -0.349 e. The Morgan fingerprint density at radius 3 is 2.89 bits per heavy atom. The Balaban J connectivity index is 1.75. The van der Waals surface area contributed by atoms with Crippen LogP contribution >= 0.6 is 0 Å². The van der Waals surface area contributed by atoms with Gasteiger partial charge in [0.25, 0.3) is 0 Å². The molecular weight excluding hydrogens is 366 g/mol. The molecule has 1 aromatic carbocycles. The fraction of sp³-hybridized carbons (Fsp3) is 0.400. The van der Waals surface area contributed by atoms with Gasteiger partial charge < -0.3 is 10.6 Å². The summed E-state index contributed by atoms with van der Waals surface area (Å²) in [6.45, 7) is 3.32. The van der Waals surface area contributed by atoms with E-state index < -0.39 is 23.6 Å². The molecule has 2 aliphatic heterocycles. The van der Waals surface area contributed by atoms with Crippen molar-refractivity contribution in [3.63, 3.8) is 0 Å². The van der Waals surface area contributed by atoms with Crippen molar-refractivity contribution in [1.29, 1.82) is 5.26 Å². The summed E-state index contributed by atoms with van der Waals surface area (Å²) in [7, 11) is 0. The van der Waals surface area contributed by atoms with Crippen LogP contribution < -0.4 is 10.6 Å². The average molecular weight is 386 g/mol. The largest absolute Gasteiger partial charge is 0.349 e. The molecule has 2 amide bonds. The van der Waals surface area contributed by atoms with E-state index >= 15 is 0 Å². The van der Waals surface area contributed by atoms with Crippen LogP contribution in [0.25, 0.3) is 0 Å². The third-order valence-electron chi connectivity index (χ3n) is 5.15. The van der Waals surface area contributed by atoms with Crippen LogP contribution in [0.2, 0.25) is 0 Å². The number of amides is 2. The van der Waals surface area contributed by atoms with Crippen molar-refractivity contribution in [2.75, 3.05) is 0 Å². The highest BCUT2D eigenvalue weighted by atomic mass is 19.1. The molecule has 0 bridgehead atoms. The summed E-state index contributed by atoms with van der Waals surface area (Å²) in [6.07, 6.45) is 0.952. The third kappa shape index (κ3) is 3.93. The lowest BCUT2D eigenvalue weighted by Crippen LogP contribution is -2.51. The number of nitriles is 1. The van der Waals surface area contributed by atoms with E-state index in [4.69, 9.17) is 5.26 Å². The van der Waals surface area contributed by atoms with Gasteiger partial charge >= 0.3 is 0 Å². The van der Waals surface area contributed by atoms with Crippen molar-refractivity contribution < 1.29 is 18.4 Å². The monoisotopic (exact) mass is 386 g/mol. The maximum atomic E-state index is 13.9. The molecule has 0 radical (unpaired) electrons. The van der Waals surface area contributed by atoms with Gasteiger partial charge in [-0.1, -0.05) is 6.07 Å². The summed E-state index contributed by atoms with van der Waals surface area (Å²) in [6, 6.07) is 3.99. The van der Waals surface area contributed by atoms with E-state index in [1.54, 1.807) is 13.8 Å². The molecule has 1 aromatic rings. The van der Waals surface area contributed by atoms with E-state index in [0.29, 0.717) is 29.7 Å². The highest BCUT2D eigenvalue weighted by molar-refractivity contribution is 6.02. The standard InChI is InChI=1S/C20H20F2N4O2/c1-10-15(20(28)26-17-6-4-13(9-23)25-19(10)17)8-18(27)24-11(2)14-5-3-12(21)7-16(14)22/h3,5,7,11,17,19H,4,6,8H2,1-2H3,(H,24,27)(H,26,28)/t11-,17?,19?/m0/s1. The number of fused-ring (bicyclic) bond motifs is 1. The van der Waals surface area contributed by atoms with Gasteiger partial charge in [0.05, 0.1) is 24.5 Å². The topological polar surface area (TPSA) is 94.4 Å². The Kier molecular flexibility index (Phi) is 5.54. The van der Waals surface area contributed by atoms with Crippen LogP contribution in [-0.2, 0) is 9.59 Å². The van der Waals surface area contributed by atoms with E-state index in [0.717, 1.165) is 12.1 Å². The lowest BCUT2D eigenvalue weighted by atomic mass is 9.85. The lowest BCUT2D eigenvalue weighted by Gasteiger charge is -2.35. The summed E-state index contributed by atoms with van der Waals surface area (Å²) >= 11 is 0. The fourth-order valence-electron chi connectivity index (χ4n) is 3.62. The van der Waals surface area contributed by atoms with Gasteiger partial charge in [0, 0.05) is 23.6 Å². The first-order valence-corrected chi connectivity index (χ1v) is 9.01. The third-order valence-corrected chi connectivity index (χ3v) is 5.15. The lowest BCUT2D eigenvalue weighted by molar-refractivity contribution is -0.124. The molecule has 28 heavy (non-hydrogen) atoms. The molecule has 2 aliphatic rings. The first-order valence-electron chi connectivity index (χ1n) is 9.01. The average Bonchev–Trinajstić information content (AvgIpc) is 2.64. The molecule has 8 heteroatoms. The first kappa shape index (κ1) is 19.7. The number of halogens is 2. The zero-order chi connectivity index (χ0) is 20.4. The molecule has 0 saturated heterocycles. The van der Waals surface area contributed by atoms with Crippen molar-refractivity contribution in [2.24, 2.45) is 4.99 Å². The van der Waals surface area contributed by atoms with Crippen molar-refractivity contribution >= 4 is 17.5 Å². The highest BCUT2D eigenvalue weighted by Gasteiger charge is 2.36. The molecule has 0 aromatic heterocycles. The molecular formula is C20H20F2N4O2. The molecule has 0 spiro atoms. The SMILES string of the molecule is CC1=C(CC(=O)N[C@@H](C)c2ccc(F)cc2F)C(=O)NC2CCC(C#N)=NC12. The number of carbonyl (C=O) groups excluding carboxylic acids is 2. The quantitative estimate of drug-likeness (QED) is 0.832. The Hall–Kier alpha value is -3.08. The van der Waals surface area contributed by atoms with E-state index in [1.807, 2.05) is 0 Å². The van der Waals surface area contributed by atoms with Crippen LogP contribution in [0.15, 0.2) is 34.3 Å². The van der Waals surface area contributed by atoms with Gasteiger partial charge in [-0.25, -0.2) is 8.78 Å². The molecule has 2 N–H and O–H groups in total. The summed E-state index contributed by atoms with van der Waals surface area (Å²) < 4.78 is 26.9. The predicted molar refractivity (Wildman–Crippen MR) is 98.2 cm³/mol. The number of rotatable bonds is 4. The number of carbonyl (C=O) groups is 2. The van der Waals surface area contributed by atoms with Gasteiger partial charge in [-0.15, -0.1) is 0 Å². The van der Waals surface area contributed by atoms with Crippen molar-refractivity contribution in [3.8, 4) is 6.07 Å². The summed E-state index contributed by atoms with van der Waals surface area (Å²) in [5, 5.41) is 14.6. The first-order chi connectivity index (χ1) is 13.3. The number of nitrogens with zero attached hydrogens (tertiary/aromatic N) is 2. The molecule has 3 rings (SSSR count). The molecule has 0 saturated carbocycles. The second kappa shape index (κ2) is 7.89. The number of hydrogen-bond acceptors (Lipinski definition) is 4. The number of hydrogen-bond donors (Lipinski definition) is 2. The summed E-state index contributed by atoms with van der Waals surface area (Å²) in [4.78, 5) is 29.3. The van der Waals surface area contributed by atoms with Crippen LogP contribution in [-0.4, -0.2) is 29.6 Å². The van der Waals surface area contributed by atoms with Crippen molar-refractivity contribution in [1.82, 2.24) is 10.6 Å². The van der Waals surface area contributed by atoms with Crippen molar-refractivity contribution in [3.05, 3.63) is 46.5 Å². The maximum absolute atomic E-state index is 13.9. The zero-order valence-corrected chi connectivity index (χ0v) is 15.6. The Bertz CT molecular complexity index is 933. The predicted octanol–water partition coefficient (Wildman–Crippen LogP) is 2.47. The smallest absolute Gasteiger partial charge is 0.248 e. The molecule has 2 heterocycles. The highest BCUT2D eigenvalue weighted by Crippen LogP contribution is 2.28. The van der Waals surface area contributed by atoms with E-state index in [1.165, 1.54) is 6.07 Å². The summed E-state index contributed by atoms with van der Waals surface area (Å²) in [5.74, 6) is -2.23. The Morgan fingerprint density at radius 1 is 1.46 bits per heavy atom. The van der Waals surface area contributed by atoms with Crippen LogP contribution in [0.1, 0.15) is 44.7 Å².